The summed E-state index contributed by atoms with van der Waals surface area (Å²) in [5.41, 5.74) is 5.79. The van der Waals surface area contributed by atoms with E-state index in [9.17, 15) is 9.59 Å². The van der Waals surface area contributed by atoms with Crippen molar-refractivity contribution in [1.29, 1.82) is 0 Å². The molecule has 1 aromatic heterocycles. The van der Waals surface area contributed by atoms with Crippen molar-refractivity contribution in [2.45, 2.75) is 13.0 Å². The predicted molar refractivity (Wildman–Crippen MR) is 72.4 cm³/mol. The van der Waals surface area contributed by atoms with Gasteiger partial charge in [0, 0.05) is 5.39 Å². The summed E-state index contributed by atoms with van der Waals surface area (Å²) >= 11 is 0. The third-order valence-corrected chi connectivity index (χ3v) is 2.79. The van der Waals surface area contributed by atoms with Gasteiger partial charge in [-0.1, -0.05) is 6.07 Å². The molecule has 0 saturated carbocycles. The van der Waals surface area contributed by atoms with Crippen LogP contribution in [0.3, 0.4) is 0 Å². The van der Waals surface area contributed by atoms with Crippen LogP contribution in [0.5, 0.6) is 5.75 Å². The number of methoxy groups -OCH3 is 1. The Morgan fingerprint density at radius 1 is 1.25 bits per heavy atom. The third-order valence-electron chi connectivity index (χ3n) is 2.79. The van der Waals surface area contributed by atoms with Crippen molar-refractivity contribution in [2.24, 2.45) is 5.73 Å². The van der Waals surface area contributed by atoms with Gasteiger partial charge in [0.05, 0.1) is 12.6 Å². The van der Waals surface area contributed by atoms with E-state index < -0.39 is 18.0 Å². The molecule has 2 rings (SSSR count). The largest absolute Gasteiger partial charge is 0.497 e. The molecule has 6 nitrogen and oxygen atoms in total. The van der Waals surface area contributed by atoms with Gasteiger partial charge in [0.25, 0.3) is 5.91 Å². The highest BCUT2D eigenvalue weighted by atomic mass is 16.5. The summed E-state index contributed by atoms with van der Waals surface area (Å²) in [5, 5.41) is 0.837. The molecule has 0 aliphatic rings. The molecule has 0 aliphatic heterocycles. The molecule has 0 unspecified atom stereocenters. The Hall–Kier alpha value is -2.63. The number of ether oxygens (including phenoxy) is 2. The SMILES string of the molecule is COc1ccc2nc(C(=O)O[C@@H](C)C(N)=O)ccc2c1. The van der Waals surface area contributed by atoms with Crippen LogP contribution in [0.4, 0.5) is 0 Å². The molecule has 104 valence electrons. The van der Waals surface area contributed by atoms with Crippen LogP contribution in [0, 0.1) is 0 Å². The first-order valence-electron chi connectivity index (χ1n) is 5.96. The van der Waals surface area contributed by atoms with Crippen molar-refractivity contribution in [2.75, 3.05) is 7.11 Å². The summed E-state index contributed by atoms with van der Waals surface area (Å²) in [7, 11) is 1.57. The van der Waals surface area contributed by atoms with Crippen molar-refractivity contribution in [3.8, 4) is 5.75 Å². The van der Waals surface area contributed by atoms with Crippen molar-refractivity contribution in [3.05, 3.63) is 36.0 Å². The minimum Gasteiger partial charge on any atom is -0.497 e. The summed E-state index contributed by atoms with van der Waals surface area (Å²) in [6.07, 6.45) is -0.990. The standard InChI is InChI=1S/C14H14N2O4/c1-8(13(15)17)20-14(18)12-5-3-9-7-10(19-2)4-6-11(9)16-12/h3-8H,1-2H3,(H2,15,17)/t8-/m0/s1. The normalized spacial score (nSPS) is 11.9. The van der Waals surface area contributed by atoms with E-state index in [0.29, 0.717) is 11.3 Å². The lowest BCUT2D eigenvalue weighted by molar-refractivity contribution is -0.125. The van der Waals surface area contributed by atoms with E-state index in [-0.39, 0.29) is 5.69 Å². The Bertz CT molecular complexity index is 669. The second kappa shape index (κ2) is 5.56. The molecule has 0 saturated heterocycles. The van der Waals surface area contributed by atoms with E-state index in [1.54, 1.807) is 25.3 Å². The Labute approximate surface area is 115 Å². The quantitative estimate of drug-likeness (QED) is 0.848. The Balaban J connectivity index is 2.27. The van der Waals surface area contributed by atoms with E-state index in [4.69, 9.17) is 15.2 Å². The first-order chi connectivity index (χ1) is 9.51. The van der Waals surface area contributed by atoms with Gasteiger partial charge in [-0.3, -0.25) is 4.79 Å². The lowest BCUT2D eigenvalue weighted by atomic mass is 10.2. The second-order valence-corrected chi connectivity index (χ2v) is 4.21. The van der Waals surface area contributed by atoms with Gasteiger partial charge in [-0.2, -0.15) is 0 Å². The molecule has 1 amide bonds. The van der Waals surface area contributed by atoms with E-state index in [2.05, 4.69) is 4.98 Å². The molecule has 0 bridgehead atoms. The number of pyridine rings is 1. The molecular weight excluding hydrogens is 260 g/mol. The van der Waals surface area contributed by atoms with Crippen molar-refractivity contribution in [3.63, 3.8) is 0 Å². The minimum absolute atomic E-state index is 0.121. The first kappa shape index (κ1) is 13.8. The van der Waals surface area contributed by atoms with Crippen molar-refractivity contribution < 1.29 is 19.1 Å². The molecule has 0 spiro atoms. The predicted octanol–water partition coefficient (Wildman–Crippen LogP) is 1.27. The second-order valence-electron chi connectivity index (χ2n) is 4.21. The van der Waals surface area contributed by atoms with Gasteiger partial charge >= 0.3 is 5.97 Å². The van der Waals surface area contributed by atoms with Crippen LogP contribution in [0.15, 0.2) is 30.3 Å². The van der Waals surface area contributed by atoms with Crippen molar-refractivity contribution >= 4 is 22.8 Å². The zero-order chi connectivity index (χ0) is 14.7. The number of hydrogen-bond donors (Lipinski definition) is 1. The van der Waals surface area contributed by atoms with Crippen LogP contribution >= 0.6 is 0 Å². The zero-order valence-corrected chi connectivity index (χ0v) is 11.1. The van der Waals surface area contributed by atoms with Gasteiger partial charge in [-0.05, 0) is 31.2 Å². The molecule has 6 heteroatoms. The fraction of sp³-hybridized carbons (Fsp3) is 0.214. The van der Waals surface area contributed by atoms with Crippen LogP contribution in [-0.4, -0.2) is 30.1 Å². The molecule has 0 radical (unpaired) electrons. The van der Waals surface area contributed by atoms with Crippen LogP contribution in [0.1, 0.15) is 17.4 Å². The number of amides is 1. The van der Waals surface area contributed by atoms with Crippen LogP contribution in [0.25, 0.3) is 10.9 Å². The zero-order valence-electron chi connectivity index (χ0n) is 11.1. The third kappa shape index (κ3) is 2.85. The first-order valence-corrected chi connectivity index (χ1v) is 5.96. The van der Waals surface area contributed by atoms with E-state index in [1.165, 1.54) is 13.0 Å². The molecule has 0 fully saturated rings. The average molecular weight is 274 g/mol. The highest BCUT2D eigenvalue weighted by Crippen LogP contribution is 2.19. The molecular formula is C14H14N2O4. The number of nitrogens with zero attached hydrogens (tertiary/aromatic N) is 1. The number of rotatable bonds is 4. The minimum atomic E-state index is -0.990. The van der Waals surface area contributed by atoms with Crippen LogP contribution in [-0.2, 0) is 9.53 Å². The lowest BCUT2D eigenvalue weighted by Gasteiger charge is -2.09. The Kier molecular flexibility index (Phi) is 3.84. The number of aromatic nitrogens is 1. The summed E-state index contributed by atoms with van der Waals surface area (Å²) in [4.78, 5) is 26.8. The van der Waals surface area contributed by atoms with Gasteiger partial charge in [-0.25, -0.2) is 9.78 Å². The molecule has 2 N–H and O–H groups in total. The fourth-order valence-corrected chi connectivity index (χ4v) is 1.62. The van der Waals surface area contributed by atoms with E-state index >= 15 is 0 Å². The summed E-state index contributed by atoms with van der Waals surface area (Å²) in [6.45, 7) is 1.41. The van der Waals surface area contributed by atoms with Gasteiger partial charge in [0.2, 0.25) is 0 Å². The molecule has 1 aromatic carbocycles. The van der Waals surface area contributed by atoms with Crippen LogP contribution < -0.4 is 10.5 Å². The Morgan fingerprint density at radius 3 is 2.65 bits per heavy atom. The highest BCUT2D eigenvalue weighted by Gasteiger charge is 2.17. The number of nitrogens with two attached hydrogens (primary N) is 1. The summed E-state index contributed by atoms with van der Waals surface area (Å²) < 4.78 is 10.00. The molecule has 1 heterocycles. The highest BCUT2D eigenvalue weighted by molar-refractivity contribution is 5.93. The van der Waals surface area contributed by atoms with Gasteiger partial charge < -0.3 is 15.2 Å². The van der Waals surface area contributed by atoms with E-state index in [1.807, 2.05) is 6.07 Å². The topological polar surface area (TPSA) is 91.5 Å². The van der Waals surface area contributed by atoms with Gasteiger partial charge in [0.15, 0.2) is 6.10 Å². The number of hydrogen-bond acceptors (Lipinski definition) is 5. The molecule has 0 aliphatic carbocycles. The van der Waals surface area contributed by atoms with E-state index in [0.717, 1.165) is 5.39 Å². The Morgan fingerprint density at radius 2 is 2.00 bits per heavy atom. The number of fused-ring (bicyclic) bond motifs is 1. The molecule has 2 aromatic rings. The van der Waals surface area contributed by atoms with Gasteiger partial charge in [0.1, 0.15) is 11.4 Å². The number of primary amides is 1. The summed E-state index contributed by atoms with van der Waals surface area (Å²) in [5.74, 6) is -0.685. The molecule has 1 atom stereocenters. The average Bonchev–Trinajstić information content (AvgIpc) is 2.45. The van der Waals surface area contributed by atoms with Crippen LogP contribution in [0.2, 0.25) is 0 Å². The van der Waals surface area contributed by atoms with Crippen molar-refractivity contribution in [1.82, 2.24) is 4.98 Å². The monoisotopic (exact) mass is 274 g/mol. The maximum atomic E-state index is 11.8. The summed E-state index contributed by atoms with van der Waals surface area (Å²) in [6, 6.07) is 8.55. The maximum absolute atomic E-state index is 11.8. The molecule has 20 heavy (non-hydrogen) atoms. The maximum Gasteiger partial charge on any atom is 0.357 e. The number of benzene rings is 1. The lowest BCUT2D eigenvalue weighted by Crippen LogP contribution is -2.30. The fourth-order valence-electron chi connectivity index (χ4n) is 1.62. The number of esters is 1. The number of carbonyl (C=O) groups is 2. The smallest absolute Gasteiger partial charge is 0.357 e. The van der Waals surface area contributed by atoms with Gasteiger partial charge in [-0.15, -0.1) is 0 Å². The number of carbonyl (C=O) groups excluding carboxylic acids is 2.